The van der Waals surface area contributed by atoms with E-state index in [0.717, 1.165) is 11.8 Å². The van der Waals surface area contributed by atoms with Gasteiger partial charge in [0.1, 0.15) is 0 Å². The third kappa shape index (κ3) is 2.35. The lowest BCUT2D eigenvalue weighted by Crippen LogP contribution is -1.82. The van der Waals surface area contributed by atoms with Crippen molar-refractivity contribution in [3.8, 4) is 12.0 Å². The smallest absolute Gasteiger partial charge is 0.151 e. The van der Waals surface area contributed by atoms with Crippen molar-refractivity contribution in [2.45, 2.75) is 0 Å². The first-order valence-electron chi connectivity index (χ1n) is 4.59. The molecule has 1 aromatic carbocycles. The number of hydrogen-bond acceptors (Lipinski definition) is 1. The predicted octanol–water partition coefficient (Wildman–Crippen LogP) is 2.16. The van der Waals surface area contributed by atoms with Gasteiger partial charge in [0.05, 0.1) is 0 Å². The van der Waals surface area contributed by atoms with E-state index in [0.29, 0.717) is 5.56 Å². The summed E-state index contributed by atoms with van der Waals surface area (Å²) in [5.41, 5.74) is 1.59. The van der Waals surface area contributed by atoms with Crippen molar-refractivity contribution in [2.24, 2.45) is 0 Å². The molecule has 0 unspecified atom stereocenters. The Kier molecular flexibility index (Phi) is 2.66. The minimum Gasteiger partial charge on any atom is -0.298 e. The number of carbonyl (C=O) groups excluding carboxylic acids is 1. The minimum atomic E-state index is 0.636. The van der Waals surface area contributed by atoms with E-state index in [9.17, 15) is 4.79 Å². The van der Waals surface area contributed by atoms with Gasteiger partial charge >= 0.3 is 0 Å². The molecule has 2 rings (SSSR count). The van der Waals surface area contributed by atoms with E-state index in [4.69, 9.17) is 0 Å². The highest BCUT2D eigenvalue weighted by molar-refractivity contribution is 5.74. The van der Waals surface area contributed by atoms with Gasteiger partial charge in [-0.2, -0.15) is 0 Å². The van der Waals surface area contributed by atoms with Gasteiger partial charge in [0.25, 0.3) is 0 Å². The van der Waals surface area contributed by atoms with Gasteiger partial charge in [-0.1, -0.05) is 18.2 Å². The van der Waals surface area contributed by atoms with Crippen LogP contribution in [-0.2, 0) is 0 Å². The van der Waals surface area contributed by atoms with Gasteiger partial charge in [0.2, 0.25) is 0 Å². The molecule has 1 aromatic heterocycles. The maximum absolute atomic E-state index is 10.4. The molecule has 0 spiro atoms. The van der Waals surface area contributed by atoms with E-state index in [1.54, 1.807) is 23.0 Å². The molecule has 0 aliphatic rings. The molecule has 2 aromatic rings. The van der Waals surface area contributed by atoms with Gasteiger partial charge in [0, 0.05) is 29.6 Å². The third-order valence-electron chi connectivity index (χ3n) is 1.95. The van der Waals surface area contributed by atoms with Gasteiger partial charge in [0.15, 0.2) is 6.29 Å². The van der Waals surface area contributed by atoms with Crippen LogP contribution in [0.3, 0.4) is 0 Å². The molecule has 0 aliphatic heterocycles. The molecule has 0 aliphatic carbocycles. The highest BCUT2D eigenvalue weighted by Crippen LogP contribution is 1.97. The molecule has 0 N–H and O–H groups in total. The van der Waals surface area contributed by atoms with Crippen LogP contribution in [0.1, 0.15) is 15.9 Å². The number of hydrogen-bond donors (Lipinski definition) is 0. The van der Waals surface area contributed by atoms with Crippen LogP contribution in [0.25, 0.3) is 0 Å². The molecular weight excluding hydrogens is 186 g/mol. The molecular formula is C13H9NO. The fourth-order valence-electron chi connectivity index (χ4n) is 1.20. The van der Waals surface area contributed by atoms with Crippen LogP contribution in [0.4, 0.5) is 0 Å². The van der Waals surface area contributed by atoms with E-state index in [1.807, 2.05) is 30.3 Å². The molecule has 0 saturated carbocycles. The summed E-state index contributed by atoms with van der Waals surface area (Å²) < 4.78 is 1.68. The van der Waals surface area contributed by atoms with Crippen LogP contribution in [0, 0.1) is 12.0 Å². The minimum absolute atomic E-state index is 0.636. The second kappa shape index (κ2) is 4.30. The Labute approximate surface area is 88.2 Å². The van der Waals surface area contributed by atoms with Crippen LogP contribution < -0.4 is 0 Å². The first-order chi connectivity index (χ1) is 7.38. The SMILES string of the molecule is O=Cc1ccn(C#Cc2ccccc2)c1. The lowest BCUT2D eigenvalue weighted by Gasteiger charge is -1.87. The van der Waals surface area contributed by atoms with Crippen molar-refractivity contribution in [3.63, 3.8) is 0 Å². The second-order valence-corrected chi connectivity index (χ2v) is 3.07. The van der Waals surface area contributed by atoms with Gasteiger partial charge in [-0.15, -0.1) is 0 Å². The third-order valence-corrected chi connectivity index (χ3v) is 1.95. The summed E-state index contributed by atoms with van der Waals surface area (Å²) >= 11 is 0. The molecule has 0 bridgehead atoms. The van der Waals surface area contributed by atoms with E-state index >= 15 is 0 Å². The quantitative estimate of drug-likeness (QED) is 0.505. The first-order valence-corrected chi connectivity index (χ1v) is 4.59. The number of rotatable bonds is 1. The van der Waals surface area contributed by atoms with Crippen molar-refractivity contribution in [3.05, 3.63) is 59.9 Å². The molecule has 0 radical (unpaired) electrons. The summed E-state index contributed by atoms with van der Waals surface area (Å²) in [6, 6.07) is 14.4. The van der Waals surface area contributed by atoms with Gasteiger partial charge in [-0.25, -0.2) is 0 Å². The van der Waals surface area contributed by atoms with Crippen LogP contribution in [0.2, 0.25) is 0 Å². The first kappa shape index (κ1) is 9.29. The van der Waals surface area contributed by atoms with Crippen molar-refractivity contribution in [1.82, 2.24) is 4.57 Å². The van der Waals surface area contributed by atoms with Crippen molar-refractivity contribution in [2.75, 3.05) is 0 Å². The standard InChI is InChI=1S/C13H9NO/c15-11-13-7-9-14(10-13)8-6-12-4-2-1-3-5-12/h1-5,7,9-11H. The van der Waals surface area contributed by atoms with Crippen molar-refractivity contribution in [1.29, 1.82) is 0 Å². The van der Waals surface area contributed by atoms with Gasteiger partial charge in [-0.3, -0.25) is 9.36 Å². The molecule has 2 nitrogen and oxygen atoms in total. The van der Waals surface area contributed by atoms with E-state index in [-0.39, 0.29) is 0 Å². The molecule has 72 valence electrons. The normalized spacial score (nSPS) is 9.07. The van der Waals surface area contributed by atoms with E-state index in [2.05, 4.69) is 12.0 Å². The predicted molar refractivity (Wildman–Crippen MR) is 58.5 cm³/mol. The Morgan fingerprint density at radius 2 is 1.93 bits per heavy atom. The average molecular weight is 195 g/mol. The zero-order valence-electron chi connectivity index (χ0n) is 8.05. The van der Waals surface area contributed by atoms with Crippen LogP contribution in [-0.4, -0.2) is 10.9 Å². The maximum atomic E-state index is 10.4. The Hall–Kier alpha value is -2.27. The topological polar surface area (TPSA) is 22.0 Å². The molecule has 15 heavy (non-hydrogen) atoms. The lowest BCUT2D eigenvalue weighted by molar-refractivity contribution is 0.112. The Bertz CT molecular complexity index is 514. The largest absolute Gasteiger partial charge is 0.298 e. The molecule has 1 heterocycles. The molecule has 0 saturated heterocycles. The Balaban J connectivity index is 2.22. The summed E-state index contributed by atoms with van der Waals surface area (Å²) in [5, 5.41) is 0. The van der Waals surface area contributed by atoms with Crippen LogP contribution in [0.15, 0.2) is 48.8 Å². The zero-order valence-corrected chi connectivity index (χ0v) is 8.05. The summed E-state index contributed by atoms with van der Waals surface area (Å²) in [6.45, 7) is 0. The fourth-order valence-corrected chi connectivity index (χ4v) is 1.20. The number of aldehydes is 1. The highest BCUT2D eigenvalue weighted by atomic mass is 16.1. The Morgan fingerprint density at radius 1 is 1.13 bits per heavy atom. The summed E-state index contributed by atoms with van der Waals surface area (Å²) in [7, 11) is 0. The molecule has 0 atom stereocenters. The number of benzene rings is 1. The monoisotopic (exact) mass is 195 g/mol. The lowest BCUT2D eigenvalue weighted by atomic mass is 10.2. The fraction of sp³-hybridized carbons (Fsp3) is 0. The molecule has 0 amide bonds. The van der Waals surface area contributed by atoms with Crippen LogP contribution in [0.5, 0.6) is 0 Å². The second-order valence-electron chi connectivity index (χ2n) is 3.07. The zero-order chi connectivity index (χ0) is 10.5. The number of nitrogens with zero attached hydrogens (tertiary/aromatic N) is 1. The maximum Gasteiger partial charge on any atom is 0.151 e. The van der Waals surface area contributed by atoms with Gasteiger partial charge < -0.3 is 0 Å². The van der Waals surface area contributed by atoms with Crippen molar-refractivity contribution < 1.29 is 4.79 Å². The highest BCUT2D eigenvalue weighted by Gasteiger charge is 1.90. The number of aromatic nitrogens is 1. The van der Waals surface area contributed by atoms with Crippen LogP contribution >= 0.6 is 0 Å². The molecule has 2 heteroatoms. The van der Waals surface area contributed by atoms with Crippen molar-refractivity contribution >= 4 is 6.29 Å². The summed E-state index contributed by atoms with van der Waals surface area (Å²) in [6.07, 6.45) is 4.27. The molecule has 0 fully saturated rings. The average Bonchev–Trinajstić information content (AvgIpc) is 2.76. The summed E-state index contributed by atoms with van der Waals surface area (Å²) in [5.74, 6) is 3.00. The number of carbonyl (C=O) groups is 1. The van der Waals surface area contributed by atoms with Gasteiger partial charge in [-0.05, 0) is 24.1 Å². The van der Waals surface area contributed by atoms with E-state index in [1.165, 1.54) is 0 Å². The summed E-state index contributed by atoms with van der Waals surface area (Å²) in [4.78, 5) is 10.4. The van der Waals surface area contributed by atoms with E-state index < -0.39 is 0 Å². The Morgan fingerprint density at radius 3 is 2.60 bits per heavy atom.